The zero-order valence-corrected chi connectivity index (χ0v) is 15.7. The third-order valence-corrected chi connectivity index (χ3v) is 6.53. The minimum absolute atomic E-state index is 0.161. The van der Waals surface area contributed by atoms with E-state index in [0.29, 0.717) is 16.8 Å². The van der Waals surface area contributed by atoms with Crippen LogP contribution in [0.15, 0.2) is 12.1 Å². The van der Waals surface area contributed by atoms with Crippen molar-refractivity contribution < 1.29 is 23.6 Å². The van der Waals surface area contributed by atoms with Gasteiger partial charge in [0.2, 0.25) is 17.6 Å². The van der Waals surface area contributed by atoms with Crippen LogP contribution in [0.3, 0.4) is 0 Å². The molecule has 9 heteroatoms. The smallest absolute Gasteiger partial charge is 0.243 e. The monoisotopic (exact) mass is 400 g/mol. The van der Waals surface area contributed by atoms with Crippen molar-refractivity contribution in [3.8, 4) is 0 Å². The minimum atomic E-state index is -0.948. The molecule has 4 heterocycles. The Hall–Kier alpha value is -2.65. The summed E-state index contributed by atoms with van der Waals surface area (Å²) in [6, 6.07) is 1.58. The lowest BCUT2D eigenvalue weighted by atomic mass is 9.85. The molecule has 4 unspecified atom stereocenters. The number of hydrogen-bond acceptors (Lipinski definition) is 7. The third kappa shape index (κ3) is 2.79. The predicted molar refractivity (Wildman–Crippen MR) is 99.5 cm³/mol. The maximum absolute atomic E-state index is 14.5. The number of nitrogens with one attached hydrogen (secondary N) is 2. The number of carbonyl (C=O) groups excluding carboxylic acids is 4. The molecule has 0 saturated carbocycles. The van der Waals surface area contributed by atoms with Crippen LogP contribution in [-0.2, 0) is 25.7 Å². The molecule has 4 aliphatic rings. The lowest BCUT2D eigenvalue weighted by Crippen LogP contribution is -2.68. The molecule has 0 radical (unpaired) electrons. The van der Waals surface area contributed by atoms with Crippen molar-refractivity contribution in [1.82, 2.24) is 15.5 Å². The number of aldehydes is 1. The number of piperidine rings is 2. The molecular formula is C20H21FN4O4. The van der Waals surface area contributed by atoms with Crippen molar-refractivity contribution in [3.63, 3.8) is 0 Å². The van der Waals surface area contributed by atoms with Gasteiger partial charge in [-0.3, -0.25) is 29.4 Å². The van der Waals surface area contributed by atoms with E-state index in [1.165, 1.54) is 12.1 Å². The Morgan fingerprint density at radius 2 is 1.97 bits per heavy atom. The standard InChI is InChI=1S/C20H21FN4O4/c21-11-3-10-8-24(14-1-2-17(28)23-20(14)29)19(16(27)9-26)18(10)15(4-11)25-12-5-13(25)7-22-6-12/h3-4,9,12-14,19,22H,1-2,5-8H2,(H,23,28,29). The molecular weight excluding hydrogens is 379 g/mol. The van der Waals surface area contributed by atoms with Gasteiger partial charge in [0.25, 0.3) is 0 Å². The van der Waals surface area contributed by atoms with Crippen LogP contribution in [0.1, 0.15) is 36.4 Å². The topological polar surface area (TPSA) is 98.8 Å². The second kappa shape index (κ2) is 6.70. The van der Waals surface area contributed by atoms with Crippen LogP contribution in [0, 0.1) is 5.82 Å². The van der Waals surface area contributed by atoms with E-state index in [2.05, 4.69) is 15.5 Å². The number of imide groups is 1. The molecule has 4 aliphatic heterocycles. The Balaban J connectivity index is 1.58. The number of hydrogen-bond donors (Lipinski definition) is 2. The summed E-state index contributed by atoms with van der Waals surface area (Å²) in [6.07, 6.45) is 1.69. The molecule has 5 rings (SSSR count). The second-order valence-corrected chi connectivity index (χ2v) is 8.17. The average Bonchev–Trinajstić information content (AvgIpc) is 3.06. The van der Waals surface area contributed by atoms with Crippen molar-refractivity contribution in [3.05, 3.63) is 29.1 Å². The van der Waals surface area contributed by atoms with E-state index >= 15 is 0 Å². The summed E-state index contributed by atoms with van der Waals surface area (Å²) >= 11 is 0. The number of anilines is 1. The highest BCUT2D eigenvalue weighted by Crippen LogP contribution is 2.46. The van der Waals surface area contributed by atoms with Crippen LogP contribution in [0.25, 0.3) is 0 Å². The number of fused-ring (bicyclic) bond motifs is 3. The van der Waals surface area contributed by atoms with Gasteiger partial charge in [-0.1, -0.05) is 0 Å². The molecule has 2 amide bonds. The molecule has 8 nitrogen and oxygen atoms in total. The molecule has 2 N–H and O–H groups in total. The van der Waals surface area contributed by atoms with E-state index < -0.39 is 29.6 Å². The Kier molecular flexibility index (Phi) is 4.25. The fraction of sp³-hybridized carbons (Fsp3) is 0.500. The van der Waals surface area contributed by atoms with E-state index in [0.717, 1.165) is 19.5 Å². The summed E-state index contributed by atoms with van der Waals surface area (Å²) in [5, 5.41) is 5.63. The third-order valence-electron chi connectivity index (χ3n) is 6.53. The summed E-state index contributed by atoms with van der Waals surface area (Å²) in [5.41, 5.74) is 1.87. The summed E-state index contributed by atoms with van der Waals surface area (Å²) < 4.78 is 14.5. The van der Waals surface area contributed by atoms with Gasteiger partial charge in [0.05, 0.1) is 6.04 Å². The Labute approximate surface area is 166 Å². The number of nitrogens with zero attached hydrogens (tertiary/aromatic N) is 2. The SMILES string of the molecule is O=CC(=O)C1c2c(cc(F)cc2N2C3CNCC2C3)CN1C1CCC(=O)NC1=O. The minimum Gasteiger partial charge on any atom is -0.362 e. The molecule has 1 aromatic rings. The quantitative estimate of drug-likeness (QED) is 0.411. The summed E-state index contributed by atoms with van der Waals surface area (Å²) in [4.78, 5) is 51.9. The van der Waals surface area contributed by atoms with Gasteiger partial charge in [-0.05, 0) is 30.5 Å². The van der Waals surface area contributed by atoms with Crippen LogP contribution in [-0.4, -0.2) is 60.0 Å². The fourth-order valence-electron chi connectivity index (χ4n) is 5.31. The molecule has 2 bridgehead atoms. The van der Waals surface area contributed by atoms with Gasteiger partial charge in [-0.25, -0.2) is 4.39 Å². The van der Waals surface area contributed by atoms with Crippen molar-refractivity contribution >= 4 is 29.6 Å². The highest BCUT2D eigenvalue weighted by Gasteiger charge is 2.48. The van der Waals surface area contributed by atoms with E-state index in [4.69, 9.17) is 0 Å². The van der Waals surface area contributed by atoms with Crippen molar-refractivity contribution in [2.24, 2.45) is 0 Å². The average molecular weight is 400 g/mol. The highest BCUT2D eigenvalue weighted by atomic mass is 19.1. The Bertz CT molecular complexity index is 921. The highest BCUT2D eigenvalue weighted by molar-refractivity contribution is 6.28. The molecule has 4 atom stereocenters. The zero-order chi connectivity index (χ0) is 20.3. The van der Waals surface area contributed by atoms with Crippen LogP contribution >= 0.6 is 0 Å². The van der Waals surface area contributed by atoms with Crippen LogP contribution in [0.5, 0.6) is 0 Å². The second-order valence-electron chi connectivity index (χ2n) is 8.17. The number of amides is 2. The normalized spacial score (nSPS) is 31.1. The first-order chi connectivity index (χ1) is 14.0. The molecule has 3 fully saturated rings. The van der Waals surface area contributed by atoms with Gasteiger partial charge in [0.15, 0.2) is 6.29 Å². The Morgan fingerprint density at radius 1 is 1.21 bits per heavy atom. The van der Waals surface area contributed by atoms with Gasteiger partial charge >= 0.3 is 0 Å². The fourth-order valence-corrected chi connectivity index (χ4v) is 5.31. The number of Topliss-reactive ketones (excluding diaryl/α,β-unsaturated/α-hetero) is 1. The first kappa shape index (κ1) is 18.4. The van der Waals surface area contributed by atoms with E-state index in [1.807, 2.05) is 0 Å². The zero-order valence-electron chi connectivity index (χ0n) is 15.7. The van der Waals surface area contributed by atoms with Crippen molar-refractivity contribution in [1.29, 1.82) is 0 Å². The van der Waals surface area contributed by atoms with Gasteiger partial charge in [0.1, 0.15) is 11.9 Å². The molecule has 0 aromatic heterocycles. The molecule has 3 saturated heterocycles. The molecule has 1 aromatic carbocycles. The largest absolute Gasteiger partial charge is 0.362 e. The predicted octanol–water partition coefficient (Wildman–Crippen LogP) is -0.194. The maximum Gasteiger partial charge on any atom is 0.243 e. The Morgan fingerprint density at radius 3 is 2.62 bits per heavy atom. The number of piperazine rings is 1. The molecule has 29 heavy (non-hydrogen) atoms. The van der Waals surface area contributed by atoms with Crippen LogP contribution in [0.4, 0.5) is 10.1 Å². The van der Waals surface area contributed by atoms with Gasteiger partial charge in [0, 0.05) is 49.4 Å². The van der Waals surface area contributed by atoms with Crippen molar-refractivity contribution in [2.75, 3.05) is 18.0 Å². The maximum atomic E-state index is 14.5. The summed E-state index contributed by atoms with van der Waals surface area (Å²) in [7, 11) is 0. The molecule has 152 valence electrons. The molecule has 0 spiro atoms. The number of ketones is 1. The number of halogens is 1. The van der Waals surface area contributed by atoms with Gasteiger partial charge in [-0.2, -0.15) is 0 Å². The molecule has 0 aliphatic carbocycles. The summed E-state index contributed by atoms with van der Waals surface area (Å²) in [5.74, 6) is -1.90. The number of carbonyl (C=O) groups is 4. The van der Waals surface area contributed by atoms with E-state index in [-0.39, 0.29) is 43.7 Å². The number of rotatable bonds is 4. The first-order valence-corrected chi connectivity index (χ1v) is 9.87. The van der Waals surface area contributed by atoms with Gasteiger partial charge in [-0.15, -0.1) is 0 Å². The van der Waals surface area contributed by atoms with Crippen LogP contribution < -0.4 is 15.5 Å². The van der Waals surface area contributed by atoms with Crippen LogP contribution in [0.2, 0.25) is 0 Å². The van der Waals surface area contributed by atoms with E-state index in [1.54, 1.807) is 4.90 Å². The van der Waals surface area contributed by atoms with Crippen molar-refractivity contribution in [2.45, 2.75) is 50.0 Å². The van der Waals surface area contributed by atoms with Gasteiger partial charge < -0.3 is 10.2 Å². The summed E-state index contributed by atoms with van der Waals surface area (Å²) in [6.45, 7) is 1.74. The van der Waals surface area contributed by atoms with E-state index in [9.17, 15) is 23.6 Å². The lowest BCUT2D eigenvalue weighted by Gasteiger charge is -2.55. The lowest BCUT2D eigenvalue weighted by molar-refractivity contribution is -0.141. The first-order valence-electron chi connectivity index (χ1n) is 9.87. The number of benzene rings is 1.